The first-order chi connectivity index (χ1) is 13.6. The summed E-state index contributed by atoms with van der Waals surface area (Å²) < 4.78 is 5.89. The minimum absolute atomic E-state index is 0.0295. The van der Waals surface area contributed by atoms with Crippen molar-refractivity contribution in [2.75, 3.05) is 4.90 Å². The van der Waals surface area contributed by atoms with Crippen molar-refractivity contribution in [3.05, 3.63) is 51.8 Å². The van der Waals surface area contributed by atoms with Crippen LogP contribution in [0.1, 0.15) is 45.2 Å². The Labute approximate surface area is 169 Å². The first kappa shape index (κ1) is 19.4. The van der Waals surface area contributed by atoms with Gasteiger partial charge in [0.15, 0.2) is 0 Å². The number of nitrogens with one attached hydrogen (secondary N) is 2. The fourth-order valence-corrected chi connectivity index (χ4v) is 3.92. The molecule has 0 bridgehead atoms. The van der Waals surface area contributed by atoms with E-state index in [-0.39, 0.29) is 11.3 Å². The number of amides is 3. The number of H-pyrrole nitrogens is 1. The Kier molecular flexibility index (Phi) is 4.38. The molecule has 29 heavy (non-hydrogen) atoms. The van der Waals surface area contributed by atoms with E-state index in [0.717, 1.165) is 28.0 Å². The maximum absolute atomic E-state index is 12.8. The van der Waals surface area contributed by atoms with Gasteiger partial charge in [0.2, 0.25) is 0 Å². The molecule has 7 heteroatoms. The smallest absolute Gasteiger partial charge is 0.329 e. The van der Waals surface area contributed by atoms with Crippen LogP contribution in [0.25, 0.3) is 11.3 Å². The van der Waals surface area contributed by atoms with E-state index in [0.29, 0.717) is 18.7 Å². The summed E-state index contributed by atoms with van der Waals surface area (Å²) in [6.45, 7) is 8.09. The van der Waals surface area contributed by atoms with Gasteiger partial charge in [-0.05, 0) is 50.5 Å². The zero-order valence-corrected chi connectivity index (χ0v) is 17.1. The summed E-state index contributed by atoms with van der Waals surface area (Å²) in [4.78, 5) is 41.7. The van der Waals surface area contributed by atoms with Crippen LogP contribution in [-0.4, -0.2) is 28.1 Å². The fourth-order valence-electron chi connectivity index (χ4n) is 3.92. The van der Waals surface area contributed by atoms with E-state index in [1.54, 1.807) is 13.0 Å². The molecule has 1 fully saturated rings. The van der Waals surface area contributed by atoms with Crippen LogP contribution in [0.15, 0.2) is 35.1 Å². The fraction of sp³-hybridized carbons (Fsp3) is 0.409. The molecule has 1 aromatic carbocycles. The van der Waals surface area contributed by atoms with E-state index < -0.39 is 23.0 Å². The maximum atomic E-state index is 12.8. The zero-order valence-electron chi connectivity index (χ0n) is 17.1. The lowest BCUT2D eigenvalue weighted by Gasteiger charge is -2.33. The van der Waals surface area contributed by atoms with Gasteiger partial charge in [-0.25, -0.2) is 9.69 Å². The molecular weight excluding hydrogens is 370 g/mol. The number of anilines is 1. The first-order valence-corrected chi connectivity index (χ1v) is 9.80. The molecule has 1 saturated heterocycles. The van der Waals surface area contributed by atoms with Crippen molar-refractivity contribution in [3.8, 4) is 11.3 Å². The van der Waals surface area contributed by atoms with E-state index in [1.807, 2.05) is 39.0 Å². The summed E-state index contributed by atoms with van der Waals surface area (Å²) in [6, 6.07) is 8.64. The van der Waals surface area contributed by atoms with Gasteiger partial charge in [0.25, 0.3) is 11.5 Å². The second-order valence-corrected chi connectivity index (χ2v) is 8.51. The molecule has 0 spiro atoms. The monoisotopic (exact) mass is 395 g/mol. The molecule has 1 atom stereocenters. The third-order valence-corrected chi connectivity index (χ3v) is 5.88. The molecule has 2 aliphatic rings. The predicted molar refractivity (Wildman–Crippen MR) is 110 cm³/mol. The number of nitrogens with zero attached hydrogens (tertiary/aromatic N) is 1. The SMILES string of the molecule is CC[C@@]1(C)NC(=O)N(c2ccc(-c3cccc4c3CC(C)(C)OC4)[nH]c2=O)C1=O. The number of urea groups is 1. The Hall–Kier alpha value is -2.93. The van der Waals surface area contributed by atoms with Crippen molar-refractivity contribution >= 4 is 17.6 Å². The molecule has 2 aromatic rings. The summed E-state index contributed by atoms with van der Waals surface area (Å²) in [5.74, 6) is -0.417. The summed E-state index contributed by atoms with van der Waals surface area (Å²) in [5.41, 5.74) is 2.09. The number of carbonyl (C=O) groups excluding carboxylic acids is 2. The molecule has 4 rings (SSSR count). The Morgan fingerprint density at radius 1 is 1.10 bits per heavy atom. The van der Waals surface area contributed by atoms with Gasteiger partial charge in [-0.1, -0.05) is 25.1 Å². The normalized spacial score (nSPS) is 23.1. The Balaban J connectivity index is 1.74. The number of rotatable bonds is 3. The van der Waals surface area contributed by atoms with E-state index in [1.165, 1.54) is 6.07 Å². The molecule has 0 unspecified atom stereocenters. The number of ether oxygens (including phenoxy) is 1. The lowest BCUT2D eigenvalue weighted by molar-refractivity contribution is -0.121. The van der Waals surface area contributed by atoms with Crippen molar-refractivity contribution in [3.63, 3.8) is 0 Å². The van der Waals surface area contributed by atoms with Gasteiger partial charge in [-0.2, -0.15) is 0 Å². The highest BCUT2D eigenvalue weighted by Crippen LogP contribution is 2.34. The van der Waals surface area contributed by atoms with Gasteiger partial charge in [0, 0.05) is 17.7 Å². The molecule has 1 aromatic heterocycles. The van der Waals surface area contributed by atoms with Crippen molar-refractivity contribution in [1.29, 1.82) is 0 Å². The van der Waals surface area contributed by atoms with Gasteiger partial charge in [0.05, 0.1) is 12.2 Å². The quantitative estimate of drug-likeness (QED) is 0.781. The summed E-state index contributed by atoms with van der Waals surface area (Å²) in [7, 11) is 0. The van der Waals surface area contributed by atoms with Crippen LogP contribution < -0.4 is 15.8 Å². The van der Waals surface area contributed by atoms with Crippen LogP contribution in [0.2, 0.25) is 0 Å². The Bertz CT molecular complexity index is 1070. The van der Waals surface area contributed by atoms with Crippen LogP contribution in [0.5, 0.6) is 0 Å². The molecule has 0 aliphatic carbocycles. The van der Waals surface area contributed by atoms with E-state index >= 15 is 0 Å². The largest absolute Gasteiger partial charge is 0.371 e. The van der Waals surface area contributed by atoms with Crippen molar-refractivity contribution in [2.24, 2.45) is 0 Å². The summed E-state index contributed by atoms with van der Waals surface area (Å²) in [5, 5.41) is 2.67. The zero-order chi connectivity index (χ0) is 21.0. The van der Waals surface area contributed by atoms with Crippen LogP contribution in [-0.2, 0) is 22.6 Å². The molecule has 3 heterocycles. The standard InChI is InChI=1S/C22H25N3O4/c1-5-22(4)19(27)25(20(28)24-22)17-10-9-16(23-18(17)26)14-8-6-7-13-12-29-21(2,3)11-15(13)14/h6-10H,5,11-12H2,1-4H3,(H,23,26)(H,24,28)/t22-/m1/s1. The number of hydrogen-bond acceptors (Lipinski definition) is 4. The number of fused-ring (bicyclic) bond motifs is 1. The van der Waals surface area contributed by atoms with E-state index in [2.05, 4.69) is 10.3 Å². The second-order valence-electron chi connectivity index (χ2n) is 8.51. The van der Waals surface area contributed by atoms with Gasteiger partial charge in [-0.3, -0.25) is 9.59 Å². The molecule has 2 N–H and O–H groups in total. The minimum Gasteiger partial charge on any atom is -0.371 e. The topological polar surface area (TPSA) is 91.5 Å². The Morgan fingerprint density at radius 3 is 2.52 bits per heavy atom. The number of imide groups is 1. The van der Waals surface area contributed by atoms with Crippen LogP contribution >= 0.6 is 0 Å². The van der Waals surface area contributed by atoms with Gasteiger partial charge in [-0.15, -0.1) is 0 Å². The molecule has 7 nitrogen and oxygen atoms in total. The number of aromatic nitrogens is 1. The van der Waals surface area contributed by atoms with Gasteiger partial charge >= 0.3 is 6.03 Å². The molecule has 0 saturated carbocycles. The van der Waals surface area contributed by atoms with E-state index in [4.69, 9.17) is 4.74 Å². The number of aromatic amines is 1. The predicted octanol–water partition coefficient (Wildman–Crippen LogP) is 3.12. The number of pyridine rings is 1. The molecule has 2 aliphatic heterocycles. The number of benzene rings is 1. The number of carbonyl (C=O) groups is 2. The Morgan fingerprint density at radius 2 is 1.86 bits per heavy atom. The molecule has 152 valence electrons. The lowest BCUT2D eigenvalue weighted by Crippen LogP contribution is -2.43. The van der Waals surface area contributed by atoms with Crippen molar-refractivity contribution in [2.45, 2.75) is 58.3 Å². The van der Waals surface area contributed by atoms with Crippen molar-refractivity contribution < 1.29 is 14.3 Å². The second kappa shape index (κ2) is 6.56. The molecular formula is C22H25N3O4. The van der Waals surface area contributed by atoms with Gasteiger partial charge in [0.1, 0.15) is 11.2 Å². The molecule has 0 radical (unpaired) electrons. The minimum atomic E-state index is -0.994. The van der Waals surface area contributed by atoms with E-state index in [9.17, 15) is 14.4 Å². The highest BCUT2D eigenvalue weighted by Gasteiger charge is 2.48. The average molecular weight is 395 g/mol. The number of hydrogen-bond donors (Lipinski definition) is 2. The highest BCUT2D eigenvalue weighted by molar-refractivity contribution is 6.23. The average Bonchev–Trinajstić information content (AvgIpc) is 2.90. The van der Waals surface area contributed by atoms with Crippen LogP contribution in [0, 0.1) is 0 Å². The van der Waals surface area contributed by atoms with Gasteiger partial charge < -0.3 is 15.0 Å². The highest BCUT2D eigenvalue weighted by atomic mass is 16.5. The third-order valence-electron chi connectivity index (χ3n) is 5.88. The lowest BCUT2D eigenvalue weighted by atomic mass is 9.87. The first-order valence-electron chi connectivity index (χ1n) is 9.80. The molecule has 3 amide bonds. The third kappa shape index (κ3) is 3.15. The van der Waals surface area contributed by atoms with Crippen LogP contribution in [0.4, 0.5) is 10.5 Å². The van der Waals surface area contributed by atoms with Crippen molar-refractivity contribution in [1.82, 2.24) is 10.3 Å². The van der Waals surface area contributed by atoms with Crippen LogP contribution in [0.3, 0.4) is 0 Å². The summed E-state index contributed by atoms with van der Waals surface area (Å²) in [6.07, 6.45) is 1.17. The maximum Gasteiger partial charge on any atom is 0.329 e. The summed E-state index contributed by atoms with van der Waals surface area (Å²) >= 11 is 0.